The Balaban J connectivity index is 1.96. The smallest absolute Gasteiger partial charge is 0.109 e. The second-order valence-electron chi connectivity index (χ2n) is 7.26. The molecule has 0 radical (unpaired) electrons. The Hall–Kier alpha value is -0.0800. The standard InChI is InChI=1S/C15H26O2/c1-10(2)15-8-5-11(3)12-6-7-14(4,16-17-15)9-13(12)15/h10-13H,5-9H2,1-4H3/t11-,12+,13?,14?,15+/m1/s1. The highest BCUT2D eigenvalue weighted by atomic mass is 17.2. The molecule has 3 fully saturated rings. The van der Waals surface area contributed by atoms with E-state index < -0.39 is 0 Å². The van der Waals surface area contributed by atoms with Crippen molar-refractivity contribution in [2.75, 3.05) is 0 Å². The molecule has 2 bridgehead atoms. The third-order valence-corrected chi connectivity index (χ3v) is 5.90. The SMILES string of the molecule is CC(C)[C@@]12CC[C@@H](C)[C@@H]3CCC(C)(CC31)OO2. The fourth-order valence-electron chi connectivity index (χ4n) is 4.63. The molecule has 98 valence electrons. The number of rotatable bonds is 1. The van der Waals surface area contributed by atoms with E-state index in [0.29, 0.717) is 5.92 Å². The molecule has 3 aliphatic rings. The zero-order valence-corrected chi connectivity index (χ0v) is 11.7. The van der Waals surface area contributed by atoms with E-state index >= 15 is 0 Å². The third-order valence-electron chi connectivity index (χ3n) is 5.90. The van der Waals surface area contributed by atoms with Crippen LogP contribution in [0.5, 0.6) is 0 Å². The molecule has 2 heteroatoms. The lowest BCUT2D eigenvalue weighted by Gasteiger charge is -2.60. The Bertz CT molecular complexity index is 314. The normalized spacial score (nSPS) is 53.8. The van der Waals surface area contributed by atoms with E-state index in [4.69, 9.17) is 9.78 Å². The van der Waals surface area contributed by atoms with Crippen molar-refractivity contribution in [1.29, 1.82) is 0 Å². The maximum absolute atomic E-state index is 6.02. The van der Waals surface area contributed by atoms with Gasteiger partial charge < -0.3 is 0 Å². The van der Waals surface area contributed by atoms with Crippen molar-refractivity contribution in [3.05, 3.63) is 0 Å². The summed E-state index contributed by atoms with van der Waals surface area (Å²) in [6, 6.07) is 0. The molecule has 1 saturated heterocycles. The van der Waals surface area contributed by atoms with Gasteiger partial charge in [-0.1, -0.05) is 20.8 Å². The molecule has 3 rings (SSSR count). The molecular formula is C15H26O2. The monoisotopic (exact) mass is 238 g/mol. The summed E-state index contributed by atoms with van der Waals surface area (Å²) in [4.78, 5) is 11.8. The molecule has 17 heavy (non-hydrogen) atoms. The molecule has 2 nitrogen and oxygen atoms in total. The summed E-state index contributed by atoms with van der Waals surface area (Å²) in [7, 11) is 0. The van der Waals surface area contributed by atoms with Crippen molar-refractivity contribution >= 4 is 0 Å². The molecule has 2 aliphatic carbocycles. The molecule has 0 amide bonds. The highest BCUT2D eigenvalue weighted by Gasteiger charge is 2.59. The first kappa shape index (κ1) is 12.0. The van der Waals surface area contributed by atoms with E-state index in [9.17, 15) is 0 Å². The predicted molar refractivity (Wildman–Crippen MR) is 67.4 cm³/mol. The van der Waals surface area contributed by atoms with Crippen LogP contribution in [0.3, 0.4) is 0 Å². The van der Waals surface area contributed by atoms with Crippen LogP contribution in [-0.2, 0) is 9.78 Å². The lowest BCUT2D eigenvalue weighted by Crippen LogP contribution is -2.62. The molecule has 2 unspecified atom stereocenters. The third kappa shape index (κ3) is 1.60. The highest BCUT2D eigenvalue weighted by Crippen LogP contribution is 2.58. The Labute approximate surface area is 105 Å². The van der Waals surface area contributed by atoms with Gasteiger partial charge in [0.25, 0.3) is 0 Å². The number of fused-ring (bicyclic) bond motifs is 1. The van der Waals surface area contributed by atoms with Crippen molar-refractivity contribution in [2.45, 2.75) is 71.0 Å². The van der Waals surface area contributed by atoms with Gasteiger partial charge in [0.05, 0.1) is 0 Å². The largest absolute Gasteiger partial charge is 0.230 e. The van der Waals surface area contributed by atoms with E-state index in [-0.39, 0.29) is 11.2 Å². The number of hydrogen-bond acceptors (Lipinski definition) is 2. The lowest BCUT2D eigenvalue weighted by atomic mass is 9.54. The molecule has 0 aromatic heterocycles. The fraction of sp³-hybridized carbons (Fsp3) is 1.00. The highest BCUT2D eigenvalue weighted by molar-refractivity contribution is 5.06. The van der Waals surface area contributed by atoms with Crippen LogP contribution >= 0.6 is 0 Å². The van der Waals surface area contributed by atoms with Gasteiger partial charge >= 0.3 is 0 Å². The molecular weight excluding hydrogens is 212 g/mol. The molecule has 0 aromatic carbocycles. The van der Waals surface area contributed by atoms with Gasteiger partial charge in [0.1, 0.15) is 11.2 Å². The van der Waals surface area contributed by atoms with Crippen LogP contribution in [0.1, 0.15) is 59.8 Å². The van der Waals surface area contributed by atoms with Gasteiger partial charge in [-0.3, -0.25) is 0 Å². The van der Waals surface area contributed by atoms with Gasteiger partial charge in [0, 0.05) is 0 Å². The van der Waals surface area contributed by atoms with E-state index in [2.05, 4.69) is 27.7 Å². The van der Waals surface area contributed by atoms with Crippen molar-refractivity contribution in [3.63, 3.8) is 0 Å². The molecule has 0 N–H and O–H groups in total. The van der Waals surface area contributed by atoms with Crippen LogP contribution in [0.4, 0.5) is 0 Å². The van der Waals surface area contributed by atoms with Crippen LogP contribution in [0.15, 0.2) is 0 Å². The quantitative estimate of drug-likeness (QED) is 0.644. The Kier molecular flexibility index (Phi) is 2.61. The van der Waals surface area contributed by atoms with Gasteiger partial charge in [-0.25, -0.2) is 9.78 Å². The van der Waals surface area contributed by atoms with Crippen LogP contribution in [0.25, 0.3) is 0 Å². The summed E-state index contributed by atoms with van der Waals surface area (Å²) in [5.74, 6) is 3.02. The van der Waals surface area contributed by atoms with Crippen LogP contribution in [-0.4, -0.2) is 11.2 Å². The van der Waals surface area contributed by atoms with Gasteiger partial charge in [0.2, 0.25) is 0 Å². The van der Waals surface area contributed by atoms with E-state index in [1.54, 1.807) is 0 Å². The minimum absolute atomic E-state index is 0.00336. The van der Waals surface area contributed by atoms with Crippen LogP contribution in [0.2, 0.25) is 0 Å². The average Bonchev–Trinajstić information content (AvgIpc) is 2.28. The molecule has 0 aromatic rings. The summed E-state index contributed by atoms with van der Waals surface area (Å²) in [5.41, 5.74) is 0.00766. The van der Waals surface area contributed by atoms with E-state index in [0.717, 1.165) is 17.8 Å². The van der Waals surface area contributed by atoms with Crippen LogP contribution < -0.4 is 0 Å². The first-order valence-electron chi connectivity index (χ1n) is 7.34. The van der Waals surface area contributed by atoms with Gasteiger partial charge in [0.15, 0.2) is 0 Å². The lowest BCUT2D eigenvalue weighted by molar-refractivity contribution is -0.478. The average molecular weight is 238 g/mol. The summed E-state index contributed by atoms with van der Waals surface area (Å²) >= 11 is 0. The van der Waals surface area contributed by atoms with Gasteiger partial charge in [-0.15, -0.1) is 0 Å². The van der Waals surface area contributed by atoms with Crippen molar-refractivity contribution in [1.82, 2.24) is 0 Å². The Morgan fingerprint density at radius 3 is 2.59 bits per heavy atom. The summed E-state index contributed by atoms with van der Waals surface area (Å²) in [6.07, 6.45) is 6.20. The van der Waals surface area contributed by atoms with Crippen molar-refractivity contribution in [2.24, 2.45) is 23.7 Å². The molecule has 2 saturated carbocycles. The van der Waals surface area contributed by atoms with E-state index in [1.165, 1.54) is 32.1 Å². The van der Waals surface area contributed by atoms with Gasteiger partial charge in [-0.05, 0) is 62.7 Å². The minimum atomic E-state index is -0.00336. The Morgan fingerprint density at radius 2 is 1.88 bits per heavy atom. The summed E-state index contributed by atoms with van der Waals surface area (Å²) in [5, 5.41) is 0. The topological polar surface area (TPSA) is 18.5 Å². The zero-order valence-electron chi connectivity index (χ0n) is 11.7. The van der Waals surface area contributed by atoms with Crippen LogP contribution in [0, 0.1) is 23.7 Å². The minimum Gasteiger partial charge on any atom is -0.230 e. The Morgan fingerprint density at radius 1 is 1.12 bits per heavy atom. The second kappa shape index (κ2) is 3.71. The maximum atomic E-state index is 6.02. The summed E-state index contributed by atoms with van der Waals surface area (Å²) in [6.45, 7) is 9.26. The van der Waals surface area contributed by atoms with E-state index in [1.807, 2.05) is 0 Å². The first-order chi connectivity index (χ1) is 7.97. The molecule has 1 heterocycles. The number of hydrogen-bond donors (Lipinski definition) is 0. The predicted octanol–water partition coefficient (Wildman–Crippen LogP) is 3.95. The second-order valence-corrected chi connectivity index (χ2v) is 7.26. The molecule has 1 aliphatic heterocycles. The summed E-state index contributed by atoms with van der Waals surface area (Å²) < 4.78 is 0. The fourth-order valence-corrected chi connectivity index (χ4v) is 4.63. The molecule has 5 atom stereocenters. The first-order valence-corrected chi connectivity index (χ1v) is 7.34. The van der Waals surface area contributed by atoms with Crippen molar-refractivity contribution < 1.29 is 9.78 Å². The van der Waals surface area contributed by atoms with Crippen molar-refractivity contribution in [3.8, 4) is 0 Å². The maximum Gasteiger partial charge on any atom is 0.109 e. The van der Waals surface area contributed by atoms with Gasteiger partial charge in [-0.2, -0.15) is 0 Å². The zero-order chi connectivity index (χ0) is 12.3. The molecule has 0 spiro atoms.